The molecular formula is C28H39F3N4. The second kappa shape index (κ2) is 12.5. The minimum atomic E-state index is -4.47. The molecule has 35 heavy (non-hydrogen) atoms. The van der Waals surface area contributed by atoms with Gasteiger partial charge in [0.05, 0.1) is 5.69 Å². The molecule has 192 valence electrons. The van der Waals surface area contributed by atoms with E-state index in [0.717, 1.165) is 68.7 Å². The van der Waals surface area contributed by atoms with Gasteiger partial charge in [-0.2, -0.15) is 13.2 Å². The third-order valence-electron chi connectivity index (χ3n) is 6.55. The van der Waals surface area contributed by atoms with Crippen molar-refractivity contribution < 1.29 is 13.2 Å². The van der Waals surface area contributed by atoms with Crippen LogP contribution in [0, 0.1) is 0 Å². The van der Waals surface area contributed by atoms with Crippen molar-refractivity contribution in [2.75, 3.05) is 57.8 Å². The van der Waals surface area contributed by atoms with E-state index in [1.807, 2.05) is 51.1 Å². The Morgan fingerprint density at radius 2 is 1.51 bits per heavy atom. The van der Waals surface area contributed by atoms with Crippen molar-refractivity contribution in [2.45, 2.75) is 46.2 Å². The predicted molar refractivity (Wildman–Crippen MR) is 140 cm³/mol. The first-order valence-electron chi connectivity index (χ1n) is 12.8. The SMILES string of the molecule is C/C(=C\c1ccc(C(F)(F)F)nc1-c1ccc(N2CCN(C)CC2)cc1)CN1CCCCC1.CC. The second-order valence-electron chi connectivity index (χ2n) is 9.30. The highest BCUT2D eigenvalue weighted by atomic mass is 19.4. The third kappa shape index (κ3) is 7.55. The number of hydrogen-bond donors (Lipinski definition) is 0. The zero-order valence-corrected chi connectivity index (χ0v) is 21.5. The summed E-state index contributed by atoms with van der Waals surface area (Å²) >= 11 is 0. The number of aromatic nitrogens is 1. The number of likely N-dealkylation sites (tertiary alicyclic amines) is 1. The van der Waals surface area contributed by atoms with Gasteiger partial charge in [0.2, 0.25) is 0 Å². The molecule has 0 unspecified atom stereocenters. The fourth-order valence-electron chi connectivity index (χ4n) is 4.65. The molecule has 7 heteroatoms. The zero-order valence-electron chi connectivity index (χ0n) is 21.5. The van der Waals surface area contributed by atoms with Crippen molar-refractivity contribution in [1.82, 2.24) is 14.8 Å². The van der Waals surface area contributed by atoms with Gasteiger partial charge in [-0.25, -0.2) is 4.98 Å². The first-order valence-corrected chi connectivity index (χ1v) is 12.8. The van der Waals surface area contributed by atoms with Crippen molar-refractivity contribution in [2.24, 2.45) is 0 Å². The van der Waals surface area contributed by atoms with Crippen molar-refractivity contribution in [3.05, 3.63) is 53.2 Å². The summed E-state index contributed by atoms with van der Waals surface area (Å²) in [7, 11) is 2.11. The van der Waals surface area contributed by atoms with Crippen LogP contribution >= 0.6 is 0 Å². The molecule has 4 rings (SSSR count). The number of likely N-dealkylation sites (N-methyl/N-ethyl adjacent to an activating group) is 1. The highest BCUT2D eigenvalue weighted by Crippen LogP contribution is 2.33. The average Bonchev–Trinajstić information content (AvgIpc) is 2.86. The normalized spacial score (nSPS) is 18.3. The number of alkyl halides is 3. The average molecular weight is 489 g/mol. The lowest BCUT2D eigenvalue weighted by Gasteiger charge is -2.34. The van der Waals surface area contributed by atoms with Gasteiger partial charge in [0.1, 0.15) is 5.69 Å². The van der Waals surface area contributed by atoms with Crippen LogP contribution in [-0.4, -0.2) is 67.6 Å². The maximum absolute atomic E-state index is 13.4. The van der Waals surface area contributed by atoms with Crippen molar-refractivity contribution in [1.29, 1.82) is 0 Å². The van der Waals surface area contributed by atoms with Gasteiger partial charge in [-0.15, -0.1) is 0 Å². The number of halogens is 3. The van der Waals surface area contributed by atoms with Crippen molar-refractivity contribution in [3.63, 3.8) is 0 Å². The summed E-state index contributed by atoms with van der Waals surface area (Å²) in [6, 6.07) is 10.4. The molecule has 2 aromatic rings. The lowest BCUT2D eigenvalue weighted by atomic mass is 10.0. The van der Waals surface area contributed by atoms with Crippen LogP contribution in [0.1, 0.15) is 51.3 Å². The fourth-order valence-corrected chi connectivity index (χ4v) is 4.65. The smallest absolute Gasteiger partial charge is 0.369 e. The Kier molecular flexibility index (Phi) is 9.75. The van der Waals surface area contributed by atoms with E-state index in [4.69, 9.17) is 0 Å². The molecule has 4 nitrogen and oxygen atoms in total. The summed E-state index contributed by atoms with van der Waals surface area (Å²) in [5.74, 6) is 0. The van der Waals surface area contributed by atoms with Crippen LogP contribution in [0.15, 0.2) is 42.0 Å². The van der Waals surface area contributed by atoms with Crippen molar-refractivity contribution in [3.8, 4) is 11.3 Å². The van der Waals surface area contributed by atoms with Crippen molar-refractivity contribution >= 4 is 11.8 Å². The van der Waals surface area contributed by atoms with Gasteiger partial charge in [0, 0.05) is 49.5 Å². The Hall–Kier alpha value is -2.38. The summed E-state index contributed by atoms with van der Waals surface area (Å²) in [5, 5.41) is 0. The van der Waals surface area contributed by atoms with E-state index in [9.17, 15) is 13.2 Å². The molecule has 2 saturated heterocycles. The van der Waals surface area contributed by atoms with E-state index in [1.165, 1.54) is 19.3 Å². The topological polar surface area (TPSA) is 22.6 Å². The van der Waals surface area contributed by atoms with Gasteiger partial charge in [-0.1, -0.05) is 50.1 Å². The maximum Gasteiger partial charge on any atom is 0.433 e. The van der Waals surface area contributed by atoms with E-state index >= 15 is 0 Å². The highest BCUT2D eigenvalue weighted by molar-refractivity contribution is 5.74. The second-order valence-corrected chi connectivity index (χ2v) is 9.30. The van der Waals surface area contributed by atoms with E-state index in [2.05, 4.69) is 26.7 Å². The van der Waals surface area contributed by atoms with Crippen LogP contribution in [0.3, 0.4) is 0 Å². The summed E-state index contributed by atoms with van der Waals surface area (Å²) < 4.78 is 40.3. The highest BCUT2D eigenvalue weighted by Gasteiger charge is 2.33. The minimum absolute atomic E-state index is 0.382. The van der Waals surface area contributed by atoms with Crippen LogP contribution in [0.4, 0.5) is 18.9 Å². The van der Waals surface area contributed by atoms with Crippen LogP contribution in [0.2, 0.25) is 0 Å². The number of nitrogens with zero attached hydrogens (tertiary/aromatic N) is 4. The Balaban J connectivity index is 0.00000167. The number of hydrogen-bond acceptors (Lipinski definition) is 4. The molecule has 0 N–H and O–H groups in total. The summed E-state index contributed by atoms with van der Waals surface area (Å²) in [6.45, 7) is 12.9. The lowest BCUT2D eigenvalue weighted by Crippen LogP contribution is -2.44. The molecule has 0 spiro atoms. The molecule has 0 amide bonds. The number of pyridine rings is 1. The van der Waals surface area contributed by atoms with E-state index in [0.29, 0.717) is 11.3 Å². The minimum Gasteiger partial charge on any atom is -0.369 e. The van der Waals surface area contributed by atoms with Gasteiger partial charge in [0.25, 0.3) is 0 Å². The fraction of sp³-hybridized carbons (Fsp3) is 0.536. The lowest BCUT2D eigenvalue weighted by molar-refractivity contribution is -0.141. The molecule has 0 radical (unpaired) electrons. The van der Waals surface area contributed by atoms with Crippen LogP contribution in [0.5, 0.6) is 0 Å². The molecule has 2 aliphatic heterocycles. The number of anilines is 1. The number of piperidine rings is 1. The van der Waals surface area contributed by atoms with E-state index < -0.39 is 11.9 Å². The number of rotatable bonds is 5. The summed E-state index contributed by atoms with van der Waals surface area (Å²) in [5.41, 5.74) is 3.19. The molecule has 1 aromatic heterocycles. The van der Waals surface area contributed by atoms with E-state index in [-0.39, 0.29) is 0 Å². The van der Waals surface area contributed by atoms with E-state index in [1.54, 1.807) is 6.07 Å². The predicted octanol–water partition coefficient (Wildman–Crippen LogP) is 6.43. The monoisotopic (exact) mass is 488 g/mol. The molecule has 1 aromatic carbocycles. The standard InChI is InChI=1S/C26H33F3N4.C2H6/c1-20(19-32-12-4-3-5-13-32)18-22-8-11-24(26(27,28)29)30-25(22)21-6-9-23(10-7-21)33-16-14-31(2)15-17-33;1-2/h6-11,18H,3-5,12-17,19H2,1-2H3;1-2H3/b20-18+;. The van der Waals surface area contributed by atoms with Crippen LogP contribution in [-0.2, 0) is 6.18 Å². The quantitative estimate of drug-likeness (QED) is 0.483. The summed E-state index contributed by atoms with van der Waals surface area (Å²) in [6.07, 6.45) is 1.21. The molecule has 0 aliphatic carbocycles. The maximum atomic E-state index is 13.4. The van der Waals surface area contributed by atoms with Gasteiger partial charge in [-0.3, -0.25) is 4.90 Å². The Bertz CT molecular complexity index is 955. The van der Waals surface area contributed by atoms with Gasteiger partial charge in [0.15, 0.2) is 0 Å². The van der Waals surface area contributed by atoms with Gasteiger partial charge < -0.3 is 9.80 Å². The summed E-state index contributed by atoms with van der Waals surface area (Å²) in [4.78, 5) is 11.1. The Morgan fingerprint density at radius 3 is 2.11 bits per heavy atom. The molecule has 0 saturated carbocycles. The van der Waals surface area contributed by atoms with Crippen LogP contribution in [0.25, 0.3) is 17.3 Å². The molecule has 2 fully saturated rings. The zero-order chi connectivity index (χ0) is 25.4. The number of piperazine rings is 1. The molecule has 0 bridgehead atoms. The molecule has 3 heterocycles. The van der Waals surface area contributed by atoms with Gasteiger partial charge in [-0.05, 0) is 58.1 Å². The molecule has 2 aliphatic rings. The molecule has 0 atom stereocenters. The van der Waals surface area contributed by atoms with Crippen LogP contribution < -0.4 is 4.90 Å². The first kappa shape index (κ1) is 27.2. The first-order chi connectivity index (χ1) is 16.8. The Labute approximate surface area is 208 Å². The largest absolute Gasteiger partial charge is 0.433 e. The van der Waals surface area contributed by atoms with Gasteiger partial charge >= 0.3 is 6.18 Å². The molecular weight excluding hydrogens is 449 g/mol. The Morgan fingerprint density at radius 1 is 0.886 bits per heavy atom. The third-order valence-corrected chi connectivity index (χ3v) is 6.55. The number of benzene rings is 1.